The standard InChI is InChI=1S/C23H31NO/c1-3-22(15-24)10-8-20-19-5-4-16-14-23(12-13-25-23)11-7-17(16)18(19)6-9-21(20,22)2/h6,19-20H,3-5,7-14H2,1-2H3/t19-,20+,21+,22-,23?/m1/s1. The lowest BCUT2D eigenvalue weighted by atomic mass is 9.53. The summed E-state index contributed by atoms with van der Waals surface area (Å²) in [5, 5.41) is 10.0. The van der Waals surface area contributed by atoms with Crippen LogP contribution in [0.2, 0.25) is 0 Å². The third-order valence-corrected chi connectivity index (χ3v) is 9.11. The van der Waals surface area contributed by atoms with Gasteiger partial charge in [0.1, 0.15) is 0 Å². The number of nitrogens with zero attached hydrogens (tertiary/aromatic N) is 1. The highest BCUT2D eigenvalue weighted by atomic mass is 16.5. The van der Waals surface area contributed by atoms with Crippen LogP contribution in [0.4, 0.5) is 0 Å². The molecule has 134 valence electrons. The molecule has 1 heterocycles. The first-order chi connectivity index (χ1) is 12.1. The summed E-state index contributed by atoms with van der Waals surface area (Å²) < 4.78 is 6.00. The van der Waals surface area contributed by atoms with E-state index in [1.54, 1.807) is 16.7 Å². The second-order valence-electron chi connectivity index (χ2n) is 9.66. The van der Waals surface area contributed by atoms with Crippen molar-refractivity contribution in [2.75, 3.05) is 6.61 Å². The largest absolute Gasteiger partial charge is 0.374 e. The lowest BCUT2D eigenvalue weighted by Crippen LogP contribution is -2.47. The Hall–Kier alpha value is -1.07. The quantitative estimate of drug-likeness (QED) is 0.614. The Morgan fingerprint density at radius 3 is 2.76 bits per heavy atom. The molecule has 1 aliphatic heterocycles. The number of hydrogen-bond donors (Lipinski definition) is 0. The summed E-state index contributed by atoms with van der Waals surface area (Å²) in [7, 11) is 0. The van der Waals surface area contributed by atoms with Crippen molar-refractivity contribution in [2.24, 2.45) is 22.7 Å². The Labute approximate surface area is 152 Å². The minimum Gasteiger partial charge on any atom is -0.374 e. The van der Waals surface area contributed by atoms with Gasteiger partial charge in [0, 0.05) is 6.42 Å². The Bertz CT molecular complexity index is 706. The molecule has 2 heteroatoms. The first-order valence-electron chi connectivity index (χ1n) is 10.5. The van der Waals surface area contributed by atoms with E-state index < -0.39 is 0 Å². The van der Waals surface area contributed by atoms with E-state index in [2.05, 4.69) is 26.0 Å². The van der Waals surface area contributed by atoms with Gasteiger partial charge in [-0.3, -0.25) is 0 Å². The third kappa shape index (κ3) is 1.94. The summed E-state index contributed by atoms with van der Waals surface area (Å²) in [6.45, 7) is 5.64. The van der Waals surface area contributed by atoms with Gasteiger partial charge in [0.25, 0.3) is 0 Å². The first-order valence-corrected chi connectivity index (χ1v) is 10.5. The molecule has 1 unspecified atom stereocenters. The van der Waals surface area contributed by atoms with E-state index in [0.717, 1.165) is 37.7 Å². The second kappa shape index (κ2) is 5.23. The number of ether oxygens (including phenoxy) is 1. The molecule has 0 aromatic heterocycles. The molecule has 1 saturated heterocycles. The van der Waals surface area contributed by atoms with E-state index in [9.17, 15) is 5.26 Å². The van der Waals surface area contributed by atoms with Gasteiger partial charge in [0.2, 0.25) is 0 Å². The van der Waals surface area contributed by atoms with E-state index in [1.807, 2.05) is 0 Å². The van der Waals surface area contributed by atoms with Crippen molar-refractivity contribution in [1.82, 2.24) is 0 Å². The summed E-state index contributed by atoms with van der Waals surface area (Å²) in [6.07, 6.45) is 14.6. The van der Waals surface area contributed by atoms with Crippen LogP contribution in [0.5, 0.6) is 0 Å². The lowest BCUT2D eigenvalue weighted by molar-refractivity contribution is -0.153. The van der Waals surface area contributed by atoms with Crippen LogP contribution in [0.3, 0.4) is 0 Å². The molecule has 5 atom stereocenters. The zero-order valence-corrected chi connectivity index (χ0v) is 15.9. The van der Waals surface area contributed by atoms with Crippen molar-refractivity contribution < 1.29 is 4.74 Å². The maximum atomic E-state index is 10.0. The molecule has 0 amide bonds. The Morgan fingerprint density at radius 1 is 1.24 bits per heavy atom. The molecule has 2 nitrogen and oxygen atoms in total. The van der Waals surface area contributed by atoms with E-state index >= 15 is 0 Å². The van der Waals surface area contributed by atoms with Gasteiger partial charge in [0.15, 0.2) is 0 Å². The van der Waals surface area contributed by atoms with E-state index in [4.69, 9.17) is 4.74 Å². The Morgan fingerprint density at radius 2 is 2.08 bits per heavy atom. The fraction of sp³-hybridized carbons (Fsp3) is 0.783. The molecule has 1 spiro atoms. The molecule has 0 bridgehead atoms. The fourth-order valence-electron chi connectivity index (χ4n) is 7.35. The van der Waals surface area contributed by atoms with Crippen LogP contribution >= 0.6 is 0 Å². The molecular formula is C23H31NO. The molecule has 5 aliphatic rings. The summed E-state index contributed by atoms with van der Waals surface area (Å²) in [5.74, 6) is 1.44. The minimum absolute atomic E-state index is 0.0925. The van der Waals surface area contributed by atoms with E-state index in [0.29, 0.717) is 0 Å². The van der Waals surface area contributed by atoms with Gasteiger partial charge in [0.05, 0.1) is 23.7 Å². The average molecular weight is 338 g/mol. The maximum absolute atomic E-state index is 10.0. The molecule has 0 N–H and O–H groups in total. The van der Waals surface area contributed by atoms with Crippen molar-refractivity contribution in [2.45, 2.75) is 83.7 Å². The SMILES string of the molecule is CC[C@]1(C#N)CC[C@H]2[C@@H]3CCC4=C(CCC5(CCO5)C4)C3=CC[C@@]21C. The molecule has 1 saturated carbocycles. The first kappa shape index (κ1) is 16.1. The highest BCUT2D eigenvalue weighted by molar-refractivity contribution is 5.45. The molecule has 4 aliphatic carbocycles. The fourth-order valence-corrected chi connectivity index (χ4v) is 7.35. The second-order valence-corrected chi connectivity index (χ2v) is 9.66. The Balaban J connectivity index is 1.50. The molecule has 0 aromatic carbocycles. The highest BCUT2D eigenvalue weighted by Gasteiger charge is 2.60. The summed E-state index contributed by atoms with van der Waals surface area (Å²) >= 11 is 0. The predicted molar refractivity (Wildman–Crippen MR) is 98.8 cm³/mol. The topological polar surface area (TPSA) is 33.0 Å². The van der Waals surface area contributed by atoms with Crippen molar-refractivity contribution in [3.05, 3.63) is 22.8 Å². The highest BCUT2D eigenvalue weighted by Crippen LogP contribution is 2.67. The number of fused-ring (bicyclic) bond motifs is 4. The van der Waals surface area contributed by atoms with Crippen molar-refractivity contribution >= 4 is 0 Å². The van der Waals surface area contributed by atoms with Crippen molar-refractivity contribution in [3.8, 4) is 6.07 Å². The van der Waals surface area contributed by atoms with Gasteiger partial charge in [-0.15, -0.1) is 0 Å². The molecule has 2 fully saturated rings. The predicted octanol–water partition coefficient (Wildman–Crippen LogP) is 5.70. The summed E-state index contributed by atoms with van der Waals surface area (Å²) in [6, 6.07) is 2.79. The molecule has 0 radical (unpaired) electrons. The third-order valence-electron chi connectivity index (χ3n) is 9.11. The van der Waals surface area contributed by atoms with Gasteiger partial charge >= 0.3 is 0 Å². The molecule has 5 rings (SSSR count). The lowest BCUT2D eigenvalue weighted by Gasteiger charge is -2.52. The number of hydrogen-bond acceptors (Lipinski definition) is 2. The molecular weight excluding hydrogens is 306 g/mol. The van der Waals surface area contributed by atoms with Crippen LogP contribution < -0.4 is 0 Å². The van der Waals surface area contributed by atoms with Crippen molar-refractivity contribution in [3.63, 3.8) is 0 Å². The van der Waals surface area contributed by atoms with Crippen LogP contribution in [-0.4, -0.2) is 12.2 Å². The zero-order valence-electron chi connectivity index (χ0n) is 15.9. The maximum Gasteiger partial charge on any atom is 0.0744 e. The monoisotopic (exact) mass is 337 g/mol. The van der Waals surface area contributed by atoms with Gasteiger partial charge in [-0.1, -0.05) is 25.5 Å². The molecule has 25 heavy (non-hydrogen) atoms. The van der Waals surface area contributed by atoms with Gasteiger partial charge in [-0.2, -0.15) is 5.26 Å². The normalized spacial score (nSPS) is 48.1. The van der Waals surface area contributed by atoms with E-state index in [-0.39, 0.29) is 16.4 Å². The van der Waals surface area contributed by atoms with Crippen LogP contribution in [0.1, 0.15) is 78.1 Å². The van der Waals surface area contributed by atoms with Crippen LogP contribution in [0.15, 0.2) is 22.8 Å². The number of rotatable bonds is 1. The average Bonchev–Trinajstić information content (AvgIpc) is 2.92. The van der Waals surface area contributed by atoms with Gasteiger partial charge in [-0.05, 0) is 86.2 Å². The van der Waals surface area contributed by atoms with Gasteiger partial charge in [-0.25, -0.2) is 0 Å². The minimum atomic E-state index is -0.0925. The smallest absolute Gasteiger partial charge is 0.0744 e. The molecule has 0 aromatic rings. The summed E-state index contributed by atoms with van der Waals surface area (Å²) in [5.41, 5.74) is 5.45. The Kier molecular flexibility index (Phi) is 3.37. The number of nitriles is 1. The summed E-state index contributed by atoms with van der Waals surface area (Å²) in [4.78, 5) is 0. The van der Waals surface area contributed by atoms with E-state index in [1.165, 1.54) is 44.9 Å². The van der Waals surface area contributed by atoms with Crippen LogP contribution in [0, 0.1) is 34.0 Å². The van der Waals surface area contributed by atoms with Crippen molar-refractivity contribution in [1.29, 1.82) is 5.26 Å². The van der Waals surface area contributed by atoms with Crippen LogP contribution in [0.25, 0.3) is 0 Å². The zero-order chi connectivity index (χ0) is 17.3. The number of allylic oxidation sites excluding steroid dienone is 3. The van der Waals surface area contributed by atoms with Crippen LogP contribution in [-0.2, 0) is 4.74 Å². The van der Waals surface area contributed by atoms with Gasteiger partial charge < -0.3 is 4.74 Å².